The summed E-state index contributed by atoms with van der Waals surface area (Å²) in [6.45, 7) is 3.71. The molecule has 1 heterocycles. The van der Waals surface area contributed by atoms with Crippen molar-refractivity contribution >= 4 is 22.8 Å². The minimum absolute atomic E-state index is 0.100. The predicted octanol–water partition coefficient (Wildman–Crippen LogP) is 2.95. The average molecular weight is 316 g/mol. The topological polar surface area (TPSA) is 71.2 Å². The first-order valence-electron chi connectivity index (χ1n) is 8.10. The van der Waals surface area contributed by atoms with Gasteiger partial charge in [0.1, 0.15) is 0 Å². The SMILES string of the molecule is CC[C@H](C)NC(=O)COC(=O)CCCc1c[nH]c2ccccc12. The van der Waals surface area contributed by atoms with Gasteiger partial charge < -0.3 is 15.0 Å². The van der Waals surface area contributed by atoms with Crippen LogP contribution in [0.4, 0.5) is 0 Å². The van der Waals surface area contributed by atoms with E-state index in [9.17, 15) is 9.59 Å². The fourth-order valence-electron chi connectivity index (χ4n) is 2.40. The average Bonchev–Trinajstić information content (AvgIpc) is 2.96. The second kappa shape index (κ2) is 8.36. The lowest BCUT2D eigenvalue weighted by molar-refractivity contribution is -0.148. The number of H-pyrrole nitrogens is 1. The summed E-state index contributed by atoms with van der Waals surface area (Å²) in [6, 6.07) is 8.19. The van der Waals surface area contributed by atoms with Gasteiger partial charge in [-0.1, -0.05) is 25.1 Å². The minimum atomic E-state index is -0.329. The van der Waals surface area contributed by atoms with Crippen LogP contribution < -0.4 is 5.32 Å². The van der Waals surface area contributed by atoms with Crippen molar-refractivity contribution in [1.82, 2.24) is 10.3 Å². The van der Waals surface area contributed by atoms with Crippen molar-refractivity contribution in [2.75, 3.05) is 6.61 Å². The Kier molecular flexibility index (Phi) is 6.20. The Labute approximate surface area is 136 Å². The molecule has 23 heavy (non-hydrogen) atoms. The van der Waals surface area contributed by atoms with Crippen molar-refractivity contribution in [3.63, 3.8) is 0 Å². The van der Waals surface area contributed by atoms with Crippen LogP contribution in [0.2, 0.25) is 0 Å². The van der Waals surface area contributed by atoms with E-state index in [1.807, 2.05) is 38.2 Å². The molecule has 0 spiro atoms. The summed E-state index contributed by atoms with van der Waals surface area (Å²) in [6.07, 6.45) is 4.65. The number of aromatic nitrogens is 1. The first-order valence-corrected chi connectivity index (χ1v) is 8.10. The number of carbonyl (C=O) groups is 2. The third-order valence-corrected chi connectivity index (χ3v) is 3.89. The van der Waals surface area contributed by atoms with E-state index in [0.29, 0.717) is 12.8 Å². The van der Waals surface area contributed by atoms with E-state index in [1.54, 1.807) is 0 Å². The van der Waals surface area contributed by atoms with Crippen molar-refractivity contribution in [3.8, 4) is 0 Å². The molecule has 1 aromatic carbocycles. The maximum Gasteiger partial charge on any atom is 0.306 e. The van der Waals surface area contributed by atoms with Crippen LogP contribution in [0.5, 0.6) is 0 Å². The summed E-state index contributed by atoms with van der Waals surface area (Å²) >= 11 is 0. The number of hydrogen-bond donors (Lipinski definition) is 2. The molecule has 0 fully saturated rings. The van der Waals surface area contributed by atoms with Crippen LogP contribution in [0.25, 0.3) is 10.9 Å². The zero-order valence-electron chi connectivity index (χ0n) is 13.7. The number of aromatic amines is 1. The highest BCUT2D eigenvalue weighted by atomic mass is 16.5. The zero-order valence-corrected chi connectivity index (χ0v) is 13.7. The second-order valence-corrected chi connectivity index (χ2v) is 5.75. The Morgan fingerprint density at radius 2 is 2.09 bits per heavy atom. The van der Waals surface area contributed by atoms with E-state index in [2.05, 4.69) is 16.4 Å². The quantitative estimate of drug-likeness (QED) is 0.736. The molecule has 0 aliphatic carbocycles. The summed E-state index contributed by atoms with van der Waals surface area (Å²) in [7, 11) is 0. The molecule has 2 aromatic rings. The highest BCUT2D eigenvalue weighted by Crippen LogP contribution is 2.19. The number of aryl methyl sites for hydroxylation is 1. The highest BCUT2D eigenvalue weighted by molar-refractivity contribution is 5.83. The first-order chi connectivity index (χ1) is 11.1. The van der Waals surface area contributed by atoms with E-state index in [1.165, 1.54) is 10.9 Å². The van der Waals surface area contributed by atoms with Crippen LogP contribution in [0.3, 0.4) is 0 Å². The van der Waals surface area contributed by atoms with Crippen LogP contribution in [0, 0.1) is 0 Å². The number of esters is 1. The molecule has 0 saturated heterocycles. The van der Waals surface area contributed by atoms with Crippen molar-refractivity contribution in [1.29, 1.82) is 0 Å². The zero-order chi connectivity index (χ0) is 16.7. The molecule has 0 aliphatic rings. The Balaban J connectivity index is 1.70. The highest BCUT2D eigenvalue weighted by Gasteiger charge is 2.10. The van der Waals surface area contributed by atoms with E-state index in [0.717, 1.165) is 18.4 Å². The normalized spacial score (nSPS) is 12.1. The number of para-hydroxylation sites is 1. The van der Waals surface area contributed by atoms with Crippen LogP contribution in [0.15, 0.2) is 30.5 Å². The lowest BCUT2D eigenvalue weighted by Gasteiger charge is -2.11. The van der Waals surface area contributed by atoms with E-state index in [4.69, 9.17) is 4.74 Å². The summed E-state index contributed by atoms with van der Waals surface area (Å²) < 4.78 is 5.00. The number of rotatable bonds is 8. The third kappa shape index (κ3) is 5.13. The molecule has 0 unspecified atom stereocenters. The molecule has 124 valence electrons. The Hall–Kier alpha value is -2.30. The fraction of sp³-hybridized carbons (Fsp3) is 0.444. The second-order valence-electron chi connectivity index (χ2n) is 5.75. The number of ether oxygens (including phenoxy) is 1. The van der Waals surface area contributed by atoms with Gasteiger partial charge in [0.2, 0.25) is 0 Å². The monoisotopic (exact) mass is 316 g/mol. The van der Waals surface area contributed by atoms with Gasteiger partial charge in [0, 0.05) is 29.6 Å². The molecule has 2 rings (SSSR count). The van der Waals surface area contributed by atoms with Crippen LogP contribution in [-0.2, 0) is 20.7 Å². The summed E-state index contributed by atoms with van der Waals surface area (Å²) in [4.78, 5) is 26.4. The molecule has 0 saturated carbocycles. The molecule has 0 bridgehead atoms. The van der Waals surface area contributed by atoms with E-state index in [-0.39, 0.29) is 24.5 Å². The smallest absolute Gasteiger partial charge is 0.306 e. The van der Waals surface area contributed by atoms with Crippen LogP contribution in [-0.4, -0.2) is 29.5 Å². The van der Waals surface area contributed by atoms with Gasteiger partial charge in [-0.25, -0.2) is 0 Å². The molecule has 0 aliphatic heterocycles. The molecule has 5 nitrogen and oxygen atoms in total. The number of benzene rings is 1. The maximum absolute atomic E-state index is 11.7. The molecule has 1 aromatic heterocycles. The predicted molar refractivity (Wildman–Crippen MR) is 90.1 cm³/mol. The van der Waals surface area contributed by atoms with Crippen molar-refractivity contribution < 1.29 is 14.3 Å². The summed E-state index contributed by atoms with van der Waals surface area (Å²) in [5.41, 5.74) is 2.30. The molecular weight excluding hydrogens is 292 g/mol. The number of nitrogens with one attached hydrogen (secondary N) is 2. The standard InChI is InChI=1S/C18H24N2O3/c1-3-13(2)20-17(21)12-23-18(22)10-6-7-14-11-19-16-9-5-4-8-15(14)16/h4-5,8-9,11,13,19H,3,6-7,10,12H2,1-2H3,(H,20,21)/t13-/m0/s1. The largest absolute Gasteiger partial charge is 0.456 e. The van der Waals surface area contributed by atoms with Gasteiger partial charge in [-0.2, -0.15) is 0 Å². The van der Waals surface area contributed by atoms with Gasteiger partial charge in [-0.3, -0.25) is 9.59 Å². The van der Waals surface area contributed by atoms with Gasteiger partial charge in [-0.05, 0) is 37.8 Å². The number of fused-ring (bicyclic) bond motifs is 1. The van der Waals surface area contributed by atoms with E-state index >= 15 is 0 Å². The molecule has 0 radical (unpaired) electrons. The minimum Gasteiger partial charge on any atom is -0.456 e. The number of hydrogen-bond acceptors (Lipinski definition) is 3. The van der Waals surface area contributed by atoms with Crippen molar-refractivity contribution in [2.24, 2.45) is 0 Å². The molecule has 1 amide bonds. The van der Waals surface area contributed by atoms with Gasteiger partial charge in [0.25, 0.3) is 5.91 Å². The lowest BCUT2D eigenvalue weighted by atomic mass is 10.1. The summed E-state index contributed by atoms with van der Waals surface area (Å²) in [5.74, 6) is -0.575. The number of amides is 1. The van der Waals surface area contributed by atoms with Gasteiger partial charge >= 0.3 is 5.97 Å². The lowest BCUT2D eigenvalue weighted by Crippen LogP contribution is -2.35. The molecule has 5 heteroatoms. The maximum atomic E-state index is 11.7. The third-order valence-electron chi connectivity index (χ3n) is 3.89. The molecule has 1 atom stereocenters. The van der Waals surface area contributed by atoms with Crippen LogP contribution >= 0.6 is 0 Å². The summed E-state index contributed by atoms with van der Waals surface area (Å²) in [5, 5.41) is 3.95. The first kappa shape index (κ1) is 17.1. The van der Waals surface area contributed by atoms with Crippen LogP contribution in [0.1, 0.15) is 38.7 Å². The Morgan fingerprint density at radius 1 is 1.30 bits per heavy atom. The van der Waals surface area contributed by atoms with Crippen molar-refractivity contribution in [3.05, 3.63) is 36.0 Å². The van der Waals surface area contributed by atoms with Crippen molar-refractivity contribution in [2.45, 2.75) is 45.6 Å². The molecular formula is C18H24N2O3. The Bertz CT molecular complexity index is 663. The Morgan fingerprint density at radius 3 is 2.87 bits per heavy atom. The van der Waals surface area contributed by atoms with E-state index < -0.39 is 0 Å². The van der Waals surface area contributed by atoms with Gasteiger partial charge in [0.15, 0.2) is 6.61 Å². The number of carbonyl (C=O) groups excluding carboxylic acids is 2. The van der Waals surface area contributed by atoms with Gasteiger partial charge in [-0.15, -0.1) is 0 Å². The van der Waals surface area contributed by atoms with Gasteiger partial charge in [0.05, 0.1) is 0 Å². The molecule has 2 N–H and O–H groups in total. The fourth-order valence-corrected chi connectivity index (χ4v) is 2.40.